The van der Waals surface area contributed by atoms with E-state index in [9.17, 15) is 22.8 Å². The van der Waals surface area contributed by atoms with Crippen LogP contribution in [0.5, 0.6) is 0 Å². The number of anilines is 1. The minimum atomic E-state index is -0.882. The molecule has 2 N–H and O–H groups in total. The number of nitrogens with one attached hydrogen (secondary N) is 2. The molecule has 3 amide bonds. The highest BCUT2D eigenvalue weighted by Gasteiger charge is 2.31. The Morgan fingerprint density at radius 3 is 2.48 bits per heavy atom. The number of nitrogens with zero attached hydrogens (tertiary/aromatic N) is 1. The summed E-state index contributed by atoms with van der Waals surface area (Å²) in [4.78, 5) is 26.1. The zero-order chi connectivity index (χ0) is 19.7. The summed E-state index contributed by atoms with van der Waals surface area (Å²) in [7, 11) is 0. The van der Waals surface area contributed by atoms with Gasteiger partial charge in [-0.1, -0.05) is 6.07 Å². The Balaban J connectivity index is 1.72. The fourth-order valence-corrected chi connectivity index (χ4v) is 2.98. The van der Waals surface area contributed by atoms with Crippen molar-refractivity contribution in [3.8, 4) is 0 Å². The average molecular weight is 377 g/mol. The standard InChI is InChI=1S/C19H18F3N3O2/c1-10(15-5-3-14(21)8-16(15)22)23-18(26)11(2)25-9-12-7-13(20)4-6-17(12)24-19(25)27/h3-8,10-11H,9H2,1-2H3,(H,23,26)(H,24,27)/t10-,11-/m0/s1. The lowest BCUT2D eigenvalue weighted by Gasteiger charge is -2.33. The van der Waals surface area contributed by atoms with Crippen molar-refractivity contribution in [2.45, 2.75) is 32.5 Å². The van der Waals surface area contributed by atoms with Gasteiger partial charge in [0.25, 0.3) is 0 Å². The number of carbonyl (C=O) groups is 2. The van der Waals surface area contributed by atoms with Crippen LogP contribution in [0.25, 0.3) is 0 Å². The molecule has 0 fully saturated rings. The summed E-state index contributed by atoms with van der Waals surface area (Å²) < 4.78 is 40.3. The quantitative estimate of drug-likeness (QED) is 0.853. The number of carbonyl (C=O) groups excluding carboxylic acids is 2. The largest absolute Gasteiger partial charge is 0.348 e. The van der Waals surface area contributed by atoms with Crippen molar-refractivity contribution in [2.24, 2.45) is 0 Å². The van der Waals surface area contributed by atoms with Gasteiger partial charge in [0.05, 0.1) is 12.6 Å². The Kier molecular flexibility index (Phi) is 5.07. The average Bonchev–Trinajstić information content (AvgIpc) is 2.60. The molecule has 3 rings (SSSR count). The van der Waals surface area contributed by atoms with E-state index in [0.29, 0.717) is 11.3 Å². The van der Waals surface area contributed by atoms with Crippen LogP contribution in [0, 0.1) is 17.5 Å². The van der Waals surface area contributed by atoms with E-state index in [0.717, 1.165) is 12.1 Å². The highest BCUT2D eigenvalue weighted by atomic mass is 19.1. The molecule has 0 saturated heterocycles. The van der Waals surface area contributed by atoms with Gasteiger partial charge >= 0.3 is 6.03 Å². The van der Waals surface area contributed by atoms with E-state index in [4.69, 9.17) is 0 Å². The second-order valence-electron chi connectivity index (χ2n) is 6.43. The number of hydrogen-bond acceptors (Lipinski definition) is 2. The van der Waals surface area contributed by atoms with Crippen molar-refractivity contribution in [1.29, 1.82) is 0 Å². The predicted octanol–water partition coefficient (Wildman–Crippen LogP) is 3.72. The second kappa shape index (κ2) is 7.30. The summed E-state index contributed by atoms with van der Waals surface area (Å²) in [5.41, 5.74) is 1.17. The van der Waals surface area contributed by atoms with Crippen LogP contribution in [0.3, 0.4) is 0 Å². The van der Waals surface area contributed by atoms with Crippen LogP contribution in [0.15, 0.2) is 36.4 Å². The Morgan fingerprint density at radius 2 is 1.78 bits per heavy atom. The van der Waals surface area contributed by atoms with Crippen molar-refractivity contribution >= 4 is 17.6 Å². The number of fused-ring (bicyclic) bond motifs is 1. The number of benzene rings is 2. The maximum absolute atomic E-state index is 13.9. The predicted molar refractivity (Wildman–Crippen MR) is 93.3 cm³/mol. The van der Waals surface area contributed by atoms with Crippen LogP contribution in [0.1, 0.15) is 31.0 Å². The minimum Gasteiger partial charge on any atom is -0.348 e. The lowest BCUT2D eigenvalue weighted by Crippen LogP contribution is -2.51. The smallest absolute Gasteiger partial charge is 0.322 e. The van der Waals surface area contributed by atoms with Gasteiger partial charge in [0.15, 0.2) is 0 Å². The van der Waals surface area contributed by atoms with Crippen LogP contribution in [0.2, 0.25) is 0 Å². The third kappa shape index (κ3) is 3.89. The second-order valence-corrected chi connectivity index (χ2v) is 6.43. The van der Waals surface area contributed by atoms with Gasteiger partial charge in [-0.15, -0.1) is 0 Å². The molecule has 8 heteroatoms. The number of halogens is 3. The monoisotopic (exact) mass is 377 g/mol. The molecule has 0 saturated carbocycles. The zero-order valence-electron chi connectivity index (χ0n) is 14.7. The third-order valence-corrected chi connectivity index (χ3v) is 4.55. The number of amides is 3. The van der Waals surface area contributed by atoms with E-state index in [1.54, 1.807) is 6.92 Å². The van der Waals surface area contributed by atoms with Crippen LogP contribution in [-0.4, -0.2) is 22.9 Å². The highest BCUT2D eigenvalue weighted by Crippen LogP contribution is 2.26. The molecule has 0 spiro atoms. The molecule has 0 radical (unpaired) electrons. The molecular formula is C19H18F3N3O2. The van der Waals surface area contributed by atoms with Crippen molar-refractivity contribution in [3.63, 3.8) is 0 Å². The third-order valence-electron chi connectivity index (χ3n) is 4.55. The van der Waals surface area contributed by atoms with Gasteiger partial charge in [-0.25, -0.2) is 18.0 Å². The van der Waals surface area contributed by atoms with Crippen LogP contribution >= 0.6 is 0 Å². The minimum absolute atomic E-state index is 0.0623. The first kappa shape index (κ1) is 18.8. The number of urea groups is 1. The molecule has 1 aliphatic heterocycles. The molecule has 5 nitrogen and oxygen atoms in total. The summed E-state index contributed by atoms with van der Waals surface area (Å²) >= 11 is 0. The molecule has 2 atom stereocenters. The topological polar surface area (TPSA) is 61.4 Å². The molecule has 2 aromatic carbocycles. The molecule has 0 aromatic heterocycles. The molecule has 2 aromatic rings. The summed E-state index contributed by atoms with van der Waals surface area (Å²) in [6.45, 7) is 3.14. The molecule has 27 heavy (non-hydrogen) atoms. The fourth-order valence-electron chi connectivity index (χ4n) is 2.98. The van der Waals surface area contributed by atoms with Crippen molar-refractivity contribution in [2.75, 3.05) is 5.32 Å². The van der Waals surface area contributed by atoms with Gasteiger partial charge in [-0.2, -0.15) is 0 Å². The van der Waals surface area contributed by atoms with Crippen molar-refractivity contribution < 1.29 is 22.8 Å². The van der Waals surface area contributed by atoms with E-state index < -0.39 is 41.5 Å². The summed E-state index contributed by atoms with van der Waals surface area (Å²) in [6, 6.07) is 5.01. The van der Waals surface area contributed by atoms with Gasteiger partial charge in [-0.05, 0) is 43.7 Å². The van der Waals surface area contributed by atoms with E-state index in [1.807, 2.05) is 0 Å². The zero-order valence-corrected chi connectivity index (χ0v) is 14.7. The lowest BCUT2D eigenvalue weighted by atomic mass is 10.1. The number of hydrogen-bond donors (Lipinski definition) is 2. The Morgan fingerprint density at radius 1 is 1.11 bits per heavy atom. The lowest BCUT2D eigenvalue weighted by molar-refractivity contribution is -0.125. The molecule has 0 aliphatic carbocycles. The molecule has 0 bridgehead atoms. The number of rotatable bonds is 4. The van der Waals surface area contributed by atoms with E-state index in [1.165, 1.54) is 36.1 Å². The first-order chi connectivity index (χ1) is 12.8. The van der Waals surface area contributed by atoms with Gasteiger partial charge in [0.1, 0.15) is 23.5 Å². The first-order valence-electron chi connectivity index (χ1n) is 8.37. The molecule has 0 unspecified atom stereocenters. The molecular weight excluding hydrogens is 359 g/mol. The highest BCUT2D eigenvalue weighted by molar-refractivity contribution is 5.96. The molecule has 1 aliphatic rings. The maximum Gasteiger partial charge on any atom is 0.322 e. The van der Waals surface area contributed by atoms with Gasteiger partial charge in [0.2, 0.25) is 5.91 Å². The SMILES string of the molecule is C[C@H](NC(=O)[C@H](C)N1Cc2cc(F)ccc2NC1=O)c1ccc(F)cc1F. The van der Waals surface area contributed by atoms with Crippen LogP contribution < -0.4 is 10.6 Å². The molecule has 1 heterocycles. The normalized spacial score (nSPS) is 15.6. The Bertz CT molecular complexity index is 904. The summed E-state index contributed by atoms with van der Waals surface area (Å²) in [5, 5.41) is 5.22. The van der Waals surface area contributed by atoms with E-state index >= 15 is 0 Å². The first-order valence-corrected chi connectivity index (χ1v) is 8.37. The Hall–Kier alpha value is -3.03. The summed E-state index contributed by atoms with van der Waals surface area (Å²) in [6.07, 6.45) is 0. The van der Waals surface area contributed by atoms with Crippen molar-refractivity contribution in [1.82, 2.24) is 10.2 Å². The van der Waals surface area contributed by atoms with Crippen molar-refractivity contribution in [3.05, 3.63) is 65.0 Å². The fraction of sp³-hybridized carbons (Fsp3) is 0.263. The van der Waals surface area contributed by atoms with E-state index in [-0.39, 0.29) is 12.1 Å². The maximum atomic E-state index is 13.9. The summed E-state index contributed by atoms with van der Waals surface area (Å²) in [5.74, 6) is -2.43. The van der Waals surface area contributed by atoms with Gasteiger partial charge in [-0.3, -0.25) is 4.79 Å². The van der Waals surface area contributed by atoms with Gasteiger partial charge in [0, 0.05) is 17.3 Å². The van der Waals surface area contributed by atoms with Crippen LogP contribution in [0.4, 0.5) is 23.7 Å². The van der Waals surface area contributed by atoms with Gasteiger partial charge < -0.3 is 15.5 Å². The Labute approximate surface area is 154 Å². The molecule has 142 valence electrons. The van der Waals surface area contributed by atoms with E-state index in [2.05, 4.69) is 10.6 Å². The van der Waals surface area contributed by atoms with Crippen LogP contribution in [-0.2, 0) is 11.3 Å².